The Morgan fingerprint density at radius 2 is 1.61 bits per heavy atom. The number of nitrogens with one attached hydrogen (secondary N) is 1. The van der Waals surface area contributed by atoms with E-state index in [0.717, 1.165) is 22.3 Å². The molecule has 0 aromatic heterocycles. The second-order valence-electron chi connectivity index (χ2n) is 5.83. The summed E-state index contributed by atoms with van der Waals surface area (Å²) < 4.78 is 0. The molecular weight excluding hydrogens is 290 g/mol. The summed E-state index contributed by atoms with van der Waals surface area (Å²) in [5.74, 6) is -1.38. The van der Waals surface area contributed by atoms with Gasteiger partial charge in [0.1, 0.15) is 6.04 Å². The van der Waals surface area contributed by atoms with Crippen molar-refractivity contribution in [3.05, 3.63) is 70.3 Å². The molecule has 23 heavy (non-hydrogen) atoms. The molecule has 1 amide bonds. The maximum absolute atomic E-state index is 12.5. The van der Waals surface area contributed by atoms with Crippen LogP contribution < -0.4 is 5.32 Å². The summed E-state index contributed by atoms with van der Waals surface area (Å²) in [5, 5.41) is 12.0. The molecule has 0 aliphatic carbocycles. The number of carbonyl (C=O) groups excluding carboxylic acids is 1. The van der Waals surface area contributed by atoms with Crippen LogP contribution in [0.5, 0.6) is 0 Å². The van der Waals surface area contributed by atoms with Gasteiger partial charge in [0.05, 0.1) is 0 Å². The first-order chi connectivity index (χ1) is 10.9. The number of hydrogen-bond donors (Lipinski definition) is 2. The molecule has 0 aliphatic rings. The maximum atomic E-state index is 12.5. The number of carboxylic acid groups (broad SMARTS) is 1. The Balaban J connectivity index is 2.21. The van der Waals surface area contributed by atoms with Gasteiger partial charge < -0.3 is 10.4 Å². The Bertz CT molecular complexity index is 700. The van der Waals surface area contributed by atoms with Crippen LogP contribution in [0, 0.1) is 20.8 Å². The summed E-state index contributed by atoms with van der Waals surface area (Å²) in [6.45, 7) is 5.70. The standard InChI is InChI=1S/C19H21NO3/c1-12-9-13(2)17(14(3)10-12)18(21)20-16(19(22)23)11-15-7-5-4-6-8-15/h4-10,16H,11H2,1-3H3,(H,20,21)(H,22,23). The first-order valence-electron chi connectivity index (χ1n) is 7.54. The zero-order valence-corrected chi connectivity index (χ0v) is 13.6. The average molecular weight is 311 g/mol. The highest BCUT2D eigenvalue weighted by Crippen LogP contribution is 2.16. The summed E-state index contributed by atoms with van der Waals surface area (Å²) in [6, 6.07) is 12.2. The van der Waals surface area contributed by atoms with Crippen molar-refractivity contribution in [1.82, 2.24) is 5.32 Å². The van der Waals surface area contributed by atoms with Gasteiger partial charge in [-0.15, -0.1) is 0 Å². The van der Waals surface area contributed by atoms with E-state index < -0.39 is 12.0 Å². The minimum Gasteiger partial charge on any atom is -0.480 e. The first-order valence-corrected chi connectivity index (χ1v) is 7.54. The number of amides is 1. The zero-order valence-electron chi connectivity index (χ0n) is 13.6. The van der Waals surface area contributed by atoms with Gasteiger partial charge in [0, 0.05) is 12.0 Å². The molecule has 0 spiro atoms. The molecule has 120 valence electrons. The van der Waals surface area contributed by atoms with Gasteiger partial charge in [-0.05, 0) is 37.5 Å². The summed E-state index contributed by atoms with van der Waals surface area (Å²) in [7, 11) is 0. The van der Waals surface area contributed by atoms with E-state index >= 15 is 0 Å². The van der Waals surface area contributed by atoms with Gasteiger partial charge in [-0.1, -0.05) is 48.0 Å². The Kier molecular flexibility index (Phi) is 5.16. The van der Waals surface area contributed by atoms with Crippen LogP contribution in [0.3, 0.4) is 0 Å². The monoisotopic (exact) mass is 311 g/mol. The van der Waals surface area contributed by atoms with Gasteiger partial charge in [0.15, 0.2) is 0 Å². The highest BCUT2D eigenvalue weighted by atomic mass is 16.4. The molecule has 0 bridgehead atoms. The third-order valence-corrected chi connectivity index (χ3v) is 3.79. The predicted molar refractivity (Wildman–Crippen MR) is 89.7 cm³/mol. The Morgan fingerprint density at radius 1 is 1.04 bits per heavy atom. The molecule has 0 heterocycles. The van der Waals surface area contributed by atoms with Crippen molar-refractivity contribution < 1.29 is 14.7 Å². The molecule has 2 N–H and O–H groups in total. The number of aryl methyl sites for hydroxylation is 3. The molecule has 2 aromatic carbocycles. The van der Waals surface area contributed by atoms with Gasteiger partial charge in [-0.25, -0.2) is 4.79 Å². The van der Waals surface area contributed by atoms with Crippen LogP contribution in [0.25, 0.3) is 0 Å². The molecule has 1 unspecified atom stereocenters. The molecule has 4 nitrogen and oxygen atoms in total. The van der Waals surface area contributed by atoms with E-state index in [1.807, 2.05) is 63.2 Å². The van der Waals surface area contributed by atoms with Crippen molar-refractivity contribution in [2.24, 2.45) is 0 Å². The summed E-state index contributed by atoms with van der Waals surface area (Å²) in [6.07, 6.45) is 0.256. The minimum atomic E-state index is -1.04. The fourth-order valence-electron chi connectivity index (χ4n) is 2.82. The smallest absolute Gasteiger partial charge is 0.326 e. The van der Waals surface area contributed by atoms with Crippen LogP contribution >= 0.6 is 0 Å². The van der Waals surface area contributed by atoms with Crippen molar-refractivity contribution in [2.75, 3.05) is 0 Å². The van der Waals surface area contributed by atoms with Crippen LogP contribution in [0.4, 0.5) is 0 Å². The number of carboxylic acids is 1. The molecule has 0 fully saturated rings. The van der Waals surface area contributed by atoms with Crippen LogP contribution in [0.15, 0.2) is 42.5 Å². The van der Waals surface area contributed by atoms with E-state index in [2.05, 4.69) is 5.32 Å². The topological polar surface area (TPSA) is 66.4 Å². The molecule has 0 aliphatic heterocycles. The molecule has 0 saturated heterocycles. The summed E-state index contributed by atoms with van der Waals surface area (Å²) in [5.41, 5.74) is 4.20. The number of hydrogen-bond acceptors (Lipinski definition) is 2. The van der Waals surface area contributed by atoms with Crippen molar-refractivity contribution >= 4 is 11.9 Å². The fourth-order valence-corrected chi connectivity index (χ4v) is 2.82. The number of rotatable bonds is 5. The largest absolute Gasteiger partial charge is 0.480 e. The Hall–Kier alpha value is -2.62. The normalized spacial score (nSPS) is 11.8. The van der Waals surface area contributed by atoms with Crippen molar-refractivity contribution in [2.45, 2.75) is 33.2 Å². The third kappa shape index (κ3) is 4.19. The van der Waals surface area contributed by atoms with E-state index in [1.54, 1.807) is 0 Å². The lowest BCUT2D eigenvalue weighted by atomic mass is 9.98. The first kappa shape index (κ1) is 16.7. The van der Waals surface area contributed by atoms with Crippen LogP contribution in [-0.2, 0) is 11.2 Å². The lowest BCUT2D eigenvalue weighted by Crippen LogP contribution is -2.42. The zero-order chi connectivity index (χ0) is 17.0. The molecule has 2 aromatic rings. The van der Waals surface area contributed by atoms with E-state index in [1.165, 1.54) is 0 Å². The summed E-state index contributed by atoms with van der Waals surface area (Å²) in [4.78, 5) is 24.0. The minimum absolute atomic E-state index is 0.256. The third-order valence-electron chi connectivity index (χ3n) is 3.79. The Morgan fingerprint density at radius 3 is 2.13 bits per heavy atom. The molecular formula is C19H21NO3. The lowest BCUT2D eigenvalue weighted by Gasteiger charge is -2.17. The lowest BCUT2D eigenvalue weighted by molar-refractivity contribution is -0.139. The summed E-state index contributed by atoms with van der Waals surface area (Å²) >= 11 is 0. The molecule has 4 heteroatoms. The van der Waals surface area contributed by atoms with Crippen LogP contribution in [0.2, 0.25) is 0 Å². The van der Waals surface area contributed by atoms with Gasteiger partial charge in [0.25, 0.3) is 5.91 Å². The second kappa shape index (κ2) is 7.09. The van der Waals surface area contributed by atoms with E-state index in [-0.39, 0.29) is 12.3 Å². The number of aliphatic carboxylic acids is 1. The SMILES string of the molecule is Cc1cc(C)c(C(=O)NC(Cc2ccccc2)C(=O)O)c(C)c1. The van der Waals surface area contributed by atoms with E-state index in [4.69, 9.17) is 0 Å². The van der Waals surface area contributed by atoms with Crippen LogP contribution in [0.1, 0.15) is 32.6 Å². The van der Waals surface area contributed by atoms with Gasteiger partial charge in [-0.2, -0.15) is 0 Å². The van der Waals surface area contributed by atoms with Crippen molar-refractivity contribution in [3.63, 3.8) is 0 Å². The highest BCUT2D eigenvalue weighted by molar-refractivity contribution is 5.99. The highest BCUT2D eigenvalue weighted by Gasteiger charge is 2.22. The van der Waals surface area contributed by atoms with Crippen molar-refractivity contribution in [1.29, 1.82) is 0 Å². The van der Waals surface area contributed by atoms with Crippen LogP contribution in [-0.4, -0.2) is 23.0 Å². The molecule has 2 rings (SSSR count). The van der Waals surface area contributed by atoms with E-state index in [0.29, 0.717) is 5.56 Å². The molecule has 1 atom stereocenters. The average Bonchev–Trinajstić information content (AvgIpc) is 2.46. The Labute approximate surface area is 136 Å². The maximum Gasteiger partial charge on any atom is 0.326 e. The van der Waals surface area contributed by atoms with E-state index in [9.17, 15) is 14.7 Å². The molecule has 0 saturated carbocycles. The predicted octanol–water partition coefficient (Wildman–Crippen LogP) is 3.04. The quantitative estimate of drug-likeness (QED) is 0.892. The number of benzene rings is 2. The van der Waals surface area contributed by atoms with Gasteiger partial charge in [-0.3, -0.25) is 4.79 Å². The number of carbonyl (C=O) groups is 2. The van der Waals surface area contributed by atoms with Gasteiger partial charge >= 0.3 is 5.97 Å². The van der Waals surface area contributed by atoms with Crippen molar-refractivity contribution in [3.8, 4) is 0 Å². The molecule has 0 radical (unpaired) electrons. The van der Waals surface area contributed by atoms with Gasteiger partial charge in [0.2, 0.25) is 0 Å². The second-order valence-corrected chi connectivity index (χ2v) is 5.83. The fraction of sp³-hybridized carbons (Fsp3) is 0.263.